The quantitative estimate of drug-likeness (QED) is 0.576. The van der Waals surface area contributed by atoms with E-state index in [4.69, 9.17) is 4.74 Å². The Morgan fingerprint density at radius 2 is 1.68 bits per heavy atom. The highest BCUT2D eigenvalue weighted by Crippen LogP contribution is 2.36. The predicted molar refractivity (Wildman–Crippen MR) is 134 cm³/mol. The topological polar surface area (TPSA) is 63.6 Å². The Hall–Kier alpha value is -3.28. The van der Waals surface area contributed by atoms with Crippen molar-refractivity contribution in [1.29, 1.82) is 0 Å². The monoisotopic (exact) mass is 459 g/mol. The molecule has 3 aromatic rings. The van der Waals surface area contributed by atoms with Gasteiger partial charge < -0.3 is 14.6 Å². The molecule has 2 heterocycles. The van der Waals surface area contributed by atoms with Crippen molar-refractivity contribution in [3.05, 3.63) is 60.3 Å². The highest BCUT2D eigenvalue weighted by molar-refractivity contribution is 6.14. The van der Waals surface area contributed by atoms with Crippen LogP contribution in [0.4, 0.5) is 5.69 Å². The van der Waals surface area contributed by atoms with Crippen LogP contribution < -0.4 is 15.0 Å². The maximum atomic E-state index is 14.0. The molecule has 1 N–H and O–H groups in total. The molecule has 1 aromatic heterocycles. The predicted octanol–water partition coefficient (Wildman–Crippen LogP) is 5.30. The van der Waals surface area contributed by atoms with Crippen molar-refractivity contribution in [2.75, 3.05) is 12.0 Å². The molecule has 0 saturated heterocycles. The van der Waals surface area contributed by atoms with E-state index in [1.54, 1.807) is 12.0 Å². The highest BCUT2D eigenvalue weighted by atomic mass is 16.5. The molecule has 2 aliphatic rings. The van der Waals surface area contributed by atoms with E-state index < -0.39 is 5.54 Å². The molecule has 2 aromatic carbocycles. The van der Waals surface area contributed by atoms with Crippen LogP contribution >= 0.6 is 0 Å². The minimum atomic E-state index is -1.07. The number of ether oxygens (including phenoxy) is 1. The maximum Gasteiger partial charge on any atom is 0.275 e. The van der Waals surface area contributed by atoms with Crippen LogP contribution in [0.25, 0.3) is 10.9 Å². The van der Waals surface area contributed by atoms with Gasteiger partial charge in [-0.25, -0.2) is 0 Å². The summed E-state index contributed by atoms with van der Waals surface area (Å²) >= 11 is 0. The van der Waals surface area contributed by atoms with Gasteiger partial charge in [0.1, 0.15) is 17.0 Å². The van der Waals surface area contributed by atoms with E-state index >= 15 is 0 Å². The third kappa shape index (κ3) is 3.95. The van der Waals surface area contributed by atoms with Gasteiger partial charge in [0.15, 0.2) is 0 Å². The molecule has 1 saturated carbocycles. The van der Waals surface area contributed by atoms with E-state index in [0.29, 0.717) is 23.7 Å². The Morgan fingerprint density at radius 3 is 2.38 bits per heavy atom. The number of benzene rings is 2. The smallest absolute Gasteiger partial charge is 0.275 e. The number of methoxy groups -OCH3 is 1. The molecule has 1 aliphatic carbocycles. The molecule has 0 unspecified atom stereocenters. The Balaban J connectivity index is 1.55. The van der Waals surface area contributed by atoms with Crippen molar-refractivity contribution < 1.29 is 14.3 Å². The molecule has 0 radical (unpaired) electrons. The zero-order chi connectivity index (χ0) is 23.7. The lowest BCUT2D eigenvalue weighted by atomic mass is 9.91. The Labute approximate surface area is 200 Å². The van der Waals surface area contributed by atoms with Gasteiger partial charge in [-0.05, 0) is 56.2 Å². The molecule has 6 heteroatoms. The molecule has 34 heavy (non-hydrogen) atoms. The van der Waals surface area contributed by atoms with Crippen LogP contribution in [-0.4, -0.2) is 35.1 Å². The van der Waals surface area contributed by atoms with Crippen molar-refractivity contribution in [2.24, 2.45) is 0 Å². The number of para-hydroxylation sites is 1. The normalized spacial score (nSPS) is 21.6. The molecule has 2 amide bonds. The van der Waals surface area contributed by atoms with E-state index in [2.05, 4.69) is 5.32 Å². The van der Waals surface area contributed by atoms with Crippen LogP contribution in [0, 0.1) is 0 Å². The van der Waals surface area contributed by atoms with Gasteiger partial charge in [-0.2, -0.15) is 0 Å². The second kappa shape index (κ2) is 9.16. The van der Waals surface area contributed by atoms with Gasteiger partial charge in [0.25, 0.3) is 5.91 Å². The summed E-state index contributed by atoms with van der Waals surface area (Å²) in [5, 5.41) is 4.34. The van der Waals surface area contributed by atoms with Gasteiger partial charge in [-0.3, -0.25) is 14.5 Å². The second-order valence-corrected chi connectivity index (χ2v) is 9.80. The summed E-state index contributed by atoms with van der Waals surface area (Å²) in [5.74, 6) is 0.455. The number of hydrogen-bond donors (Lipinski definition) is 1. The number of carbonyl (C=O) groups is 2. The number of amides is 2. The van der Waals surface area contributed by atoms with Crippen molar-refractivity contribution in [2.45, 2.75) is 70.0 Å². The summed E-state index contributed by atoms with van der Waals surface area (Å²) in [6, 6.07) is 17.4. The first kappa shape index (κ1) is 22.5. The van der Waals surface area contributed by atoms with E-state index in [1.807, 2.05) is 66.1 Å². The molecule has 1 atom stereocenters. The van der Waals surface area contributed by atoms with E-state index in [9.17, 15) is 9.59 Å². The van der Waals surface area contributed by atoms with Crippen LogP contribution in [0.1, 0.15) is 62.4 Å². The molecule has 1 fully saturated rings. The lowest BCUT2D eigenvalue weighted by Crippen LogP contribution is -2.65. The SMILES string of the molecule is COc1ccc(N2C(=O)c3cc4ccccc4n3C[C@@]2(C)C(=O)NC2CCCCCCC2)cc1. The Kier molecular flexibility index (Phi) is 6.07. The molecular weight excluding hydrogens is 426 g/mol. The first-order chi connectivity index (χ1) is 16.5. The van der Waals surface area contributed by atoms with E-state index in [0.717, 1.165) is 36.6 Å². The fourth-order valence-electron chi connectivity index (χ4n) is 5.52. The summed E-state index contributed by atoms with van der Waals surface area (Å²) in [5.41, 5.74) is 1.21. The molecule has 0 bridgehead atoms. The summed E-state index contributed by atoms with van der Waals surface area (Å²) in [6.45, 7) is 2.29. The second-order valence-electron chi connectivity index (χ2n) is 9.80. The first-order valence-corrected chi connectivity index (χ1v) is 12.4. The largest absolute Gasteiger partial charge is 0.497 e. The van der Waals surface area contributed by atoms with Gasteiger partial charge in [-0.15, -0.1) is 0 Å². The number of hydrogen-bond acceptors (Lipinski definition) is 3. The lowest BCUT2D eigenvalue weighted by molar-refractivity contribution is -0.127. The van der Waals surface area contributed by atoms with Gasteiger partial charge >= 0.3 is 0 Å². The molecule has 178 valence electrons. The minimum absolute atomic E-state index is 0.0920. The number of nitrogens with one attached hydrogen (secondary N) is 1. The number of aromatic nitrogens is 1. The zero-order valence-corrected chi connectivity index (χ0v) is 20.0. The third-order valence-electron chi connectivity index (χ3n) is 7.45. The van der Waals surface area contributed by atoms with Crippen LogP contribution in [0.15, 0.2) is 54.6 Å². The summed E-state index contributed by atoms with van der Waals surface area (Å²) < 4.78 is 7.32. The van der Waals surface area contributed by atoms with Crippen molar-refractivity contribution >= 4 is 28.4 Å². The average molecular weight is 460 g/mol. The number of anilines is 1. The lowest BCUT2D eigenvalue weighted by Gasteiger charge is -2.44. The summed E-state index contributed by atoms with van der Waals surface area (Å²) in [6.07, 6.45) is 7.98. The van der Waals surface area contributed by atoms with Gasteiger partial charge in [0, 0.05) is 22.6 Å². The van der Waals surface area contributed by atoms with Crippen LogP contribution in [0.5, 0.6) is 5.75 Å². The average Bonchev–Trinajstić information content (AvgIpc) is 3.20. The van der Waals surface area contributed by atoms with Crippen LogP contribution in [0.3, 0.4) is 0 Å². The van der Waals surface area contributed by atoms with E-state index in [-0.39, 0.29) is 17.9 Å². The first-order valence-electron chi connectivity index (χ1n) is 12.4. The number of nitrogens with zero attached hydrogens (tertiary/aromatic N) is 2. The molecule has 1 aliphatic heterocycles. The van der Waals surface area contributed by atoms with Crippen LogP contribution in [-0.2, 0) is 11.3 Å². The molecule has 6 nitrogen and oxygen atoms in total. The number of fused-ring (bicyclic) bond motifs is 3. The van der Waals surface area contributed by atoms with Crippen LogP contribution in [0.2, 0.25) is 0 Å². The maximum absolute atomic E-state index is 14.0. The van der Waals surface area contributed by atoms with Crippen molar-refractivity contribution in [3.63, 3.8) is 0 Å². The Bertz CT molecular complexity index is 1190. The summed E-state index contributed by atoms with van der Waals surface area (Å²) in [4.78, 5) is 29.6. The van der Waals surface area contributed by atoms with Gasteiger partial charge in [0.2, 0.25) is 5.91 Å². The number of carbonyl (C=O) groups excluding carboxylic acids is 2. The highest BCUT2D eigenvalue weighted by Gasteiger charge is 2.49. The minimum Gasteiger partial charge on any atom is -0.497 e. The fourth-order valence-corrected chi connectivity index (χ4v) is 5.52. The van der Waals surface area contributed by atoms with E-state index in [1.165, 1.54) is 19.3 Å². The van der Waals surface area contributed by atoms with Crippen molar-refractivity contribution in [3.8, 4) is 5.75 Å². The van der Waals surface area contributed by atoms with Crippen molar-refractivity contribution in [1.82, 2.24) is 9.88 Å². The summed E-state index contributed by atoms with van der Waals surface area (Å²) in [7, 11) is 1.62. The third-order valence-corrected chi connectivity index (χ3v) is 7.45. The standard InChI is InChI=1S/C28H33N3O3/c1-28(27(33)29-21-11-6-4-3-5-7-12-21)19-30-24-13-9-8-10-20(24)18-25(30)26(32)31(28)22-14-16-23(34-2)17-15-22/h8-10,13-18,21H,3-7,11-12,19H2,1-2H3,(H,29,33)/t28-/m0/s1. The molecule has 0 spiro atoms. The molecule has 5 rings (SSSR count). The van der Waals surface area contributed by atoms with Gasteiger partial charge in [-0.1, -0.05) is 50.3 Å². The number of rotatable bonds is 4. The fraction of sp³-hybridized carbons (Fsp3) is 0.429. The zero-order valence-electron chi connectivity index (χ0n) is 20.0. The van der Waals surface area contributed by atoms with Gasteiger partial charge in [0.05, 0.1) is 13.7 Å². The molecular formula is C28H33N3O3. The Morgan fingerprint density at radius 1 is 1.00 bits per heavy atom.